The Kier molecular flexibility index (Phi) is 6.91. The Morgan fingerprint density at radius 3 is 2.59 bits per heavy atom. The van der Waals surface area contributed by atoms with Crippen LogP contribution in [0.25, 0.3) is 11.0 Å². The van der Waals surface area contributed by atoms with Gasteiger partial charge in [0.25, 0.3) is 0 Å². The number of hydrogen-bond acceptors (Lipinski definition) is 5. The van der Waals surface area contributed by atoms with E-state index in [-0.39, 0.29) is 5.56 Å². The van der Waals surface area contributed by atoms with Crippen molar-refractivity contribution in [3.05, 3.63) is 83.7 Å². The standard InChI is InChI=1S/C34H38N4O3/c1-37(26-14-15-30(34(39)40)32(20-26)41-27-19-23-16-17-35-33(23)36-21-27)24-10-12-25(13-11-24)38-18-4-7-31(38)29-6-3-2-5-28(29)22-8-9-22/h2-3,5-6,14-17,19-22,24-25,31H,4,7-13,18H2,1H3,(H,35,36)(H,39,40). The van der Waals surface area contributed by atoms with Gasteiger partial charge in [-0.2, -0.15) is 0 Å². The zero-order valence-electron chi connectivity index (χ0n) is 23.6. The van der Waals surface area contributed by atoms with Crippen LogP contribution in [0.1, 0.15) is 84.8 Å². The Bertz CT molecular complexity index is 1550. The molecule has 2 N–H and O–H groups in total. The molecule has 0 radical (unpaired) electrons. The minimum absolute atomic E-state index is 0.145. The summed E-state index contributed by atoms with van der Waals surface area (Å²) in [6, 6.07) is 20.0. The topological polar surface area (TPSA) is 81.7 Å². The van der Waals surface area contributed by atoms with Crippen molar-refractivity contribution in [3.63, 3.8) is 0 Å². The van der Waals surface area contributed by atoms with E-state index in [2.05, 4.69) is 51.1 Å². The smallest absolute Gasteiger partial charge is 0.339 e. The summed E-state index contributed by atoms with van der Waals surface area (Å²) in [7, 11) is 2.13. The molecule has 4 aromatic rings. The Morgan fingerprint density at radius 2 is 1.80 bits per heavy atom. The summed E-state index contributed by atoms with van der Waals surface area (Å²) in [4.78, 5) is 24.6. The van der Waals surface area contributed by atoms with Crippen LogP contribution in [0.5, 0.6) is 11.5 Å². The van der Waals surface area contributed by atoms with Crippen LogP contribution in [0.4, 0.5) is 5.69 Å². The predicted molar refractivity (Wildman–Crippen MR) is 161 cm³/mol. The van der Waals surface area contributed by atoms with Crippen molar-refractivity contribution < 1.29 is 14.6 Å². The zero-order valence-corrected chi connectivity index (χ0v) is 23.6. The number of anilines is 1. The molecule has 1 unspecified atom stereocenters. The maximum Gasteiger partial charge on any atom is 0.339 e. The molecule has 2 aliphatic carbocycles. The first-order valence-corrected chi connectivity index (χ1v) is 15.1. The van der Waals surface area contributed by atoms with E-state index in [9.17, 15) is 9.90 Å². The lowest BCUT2D eigenvalue weighted by molar-refractivity contribution is 0.0694. The fraction of sp³-hybridized carbons (Fsp3) is 0.412. The number of rotatable bonds is 8. The first-order chi connectivity index (χ1) is 20.0. The molecule has 1 atom stereocenters. The summed E-state index contributed by atoms with van der Waals surface area (Å²) in [6.45, 7) is 1.20. The molecule has 2 aromatic heterocycles. The number of fused-ring (bicyclic) bond motifs is 1. The van der Waals surface area contributed by atoms with E-state index in [0.29, 0.717) is 29.6 Å². The minimum atomic E-state index is -1.01. The van der Waals surface area contributed by atoms with Crippen molar-refractivity contribution in [2.24, 2.45) is 0 Å². The van der Waals surface area contributed by atoms with Crippen molar-refractivity contribution in [1.29, 1.82) is 0 Å². The molecular weight excluding hydrogens is 512 g/mol. The number of H-pyrrole nitrogens is 1. The molecule has 3 aliphatic rings. The molecule has 7 nitrogen and oxygen atoms in total. The van der Waals surface area contributed by atoms with Gasteiger partial charge in [0.2, 0.25) is 0 Å². The highest BCUT2D eigenvalue weighted by atomic mass is 16.5. The van der Waals surface area contributed by atoms with E-state index >= 15 is 0 Å². The molecule has 41 heavy (non-hydrogen) atoms. The number of carbonyl (C=O) groups is 1. The number of aromatic amines is 1. The van der Waals surface area contributed by atoms with Crippen LogP contribution in [0, 0.1) is 0 Å². The third-order valence-electron chi connectivity index (χ3n) is 9.56. The van der Waals surface area contributed by atoms with Crippen molar-refractivity contribution in [3.8, 4) is 11.5 Å². The summed E-state index contributed by atoms with van der Waals surface area (Å²) in [5.74, 6) is 0.630. The lowest BCUT2D eigenvalue weighted by Crippen LogP contribution is -2.43. The maximum absolute atomic E-state index is 12.0. The van der Waals surface area contributed by atoms with Crippen LogP contribution >= 0.6 is 0 Å². The Hall–Kier alpha value is -3.84. The monoisotopic (exact) mass is 550 g/mol. The Labute approximate surface area is 241 Å². The SMILES string of the molecule is CN(c1ccc(C(=O)O)c(Oc2cnc3[nH]ccc3c2)c1)C1CCC(N2CCCC2c2ccccc2C2CC2)CC1. The Morgan fingerprint density at radius 1 is 1.00 bits per heavy atom. The molecule has 2 aromatic carbocycles. The molecular formula is C34H38N4O3. The molecule has 7 heteroatoms. The number of aromatic carboxylic acids is 1. The predicted octanol–water partition coefficient (Wildman–Crippen LogP) is 7.52. The van der Waals surface area contributed by atoms with E-state index in [0.717, 1.165) is 35.5 Å². The van der Waals surface area contributed by atoms with Gasteiger partial charge in [-0.05, 0) is 99.2 Å². The number of nitrogens with zero attached hydrogens (tertiary/aromatic N) is 3. The van der Waals surface area contributed by atoms with Gasteiger partial charge in [0.15, 0.2) is 0 Å². The third-order valence-corrected chi connectivity index (χ3v) is 9.56. The lowest BCUT2D eigenvalue weighted by Gasteiger charge is -2.41. The third kappa shape index (κ3) is 5.19. The minimum Gasteiger partial charge on any atom is -0.478 e. The molecule has 1 aliphatic heterocycles. The van der Waals surface area contributed by atoms with Crippen molar-refractivity contribution in [1.82, 2.24) is 14.9 Å². The van der Waals surface area contributed by atoms with E-state index < -0.39 is 5.97 Å². The molecule has 3 heterocycles. The van der Waals surface area contributed by atoms with Crippen LogP contribution in [-0.4, -0.2) is 51.6 Å². The molecule has 0 bridgehead atoms. The number of carboxylic acid groups (broad SMARTS) is 1. The van der Waals surface area contributed by atoms with Gasteiger partial charge < -0.3 is 19.7 Å². The number of aromatic nitrogens is 2. The average Bonchev–Trinajstić information content (AvgIpc) is 3.54. The van der Waals surface area contributed by atoms with Gasteiger partial charge in [-0.3, -0.25) is 4.90 Å². The molecule has 3 fully saturated rings. The fourth-order valence-electron chi connectivity index (χ4n) is 7.22. The second-order valence-corrected chi connectivity index (χ2v) is 12.0. The number of nitrogens with one attached hydrogen (secondary N) is 1. The number of hydrogen-bond donors (Lipinski definition) is 2. The van der Waals surface area contributed by atoms with Gasteiger partial charge in [-0.25, -0.2) is 9.78 Å². The highest BCUT2D eigenvalue weighted by Crippen LogP contribution is 2.47. The van der Waals surface area contributed by atoms with Gasteiger partial charge >= 0.3 is 5.97 Å². The first kappa shape index (κ1) is 26.1. The second kappa shape index (κ2) is 10.9. The second-order valence-electron chi connectivity index (χ2n) is 12.0. The highest BCUT2D eigenvalue weighted by molar-refractivity contribution is 5.92. The van der Waals surface area contributed by atoms with Gasteiger partial charge in [-0.1, -0.05) is 24.3 Å². The van der Waals surface area contributed by atoms with Gasteiger partial charge in [0.1, 0.15) is 22.7 Å². The zero-order chi connectivity index (χ0) is 27.9. The quantitative estimate of drug-likeness (QED) is 0.236. The van der Waals surface area contributed by atoms with E-state index in [1.54, 1.807) is 23.4 Å². The summed E-state index contributed by atoms with van der Waals surface area (Å²) >= 11 is 0. The van der Waals surface area contributed by atoms with E-state index in [1.165, 1.54) is 45.1 Å². The van der Waals surface area contributed by atoms with Gasteiger partial charge in [0.05, 0.1) is 6.20 Å². The van der Waals surface area contributed by atoms with Crippen LogP contribution in [0.15, 0.2) is 67.0 Å². The Balaban J connectivity index is 1.05. The number of carboxylic acids is 1. The molecule has 7 rings (SSSR count). The number of pyridine rings is 1. The summed E-state index contributed by atoms with van der Waals surface area (Å²) in [5, 5.41) is 10.7. The largest absolute Gasteiger partial charge is 0.478 e. The van der Waals surface area contributed by atoms with Crippen LogP contribution in [0.2, 0.25) is 0 Å². The van der Waals surface area contributed by atoms with E-state index in [1.807, 2.05) is 30.5 Å². The van der Waals surface area contributed by atoms with Crippen molar-refractivity contribution >= 4 is 22.7 Å². The normalized spacial score (nSPS) is 23.1. The van der Waals surface area contributed by atoms with Crippen LogP contribution in [-0.2, 0) is 0 Å². The number of benzene rings is 2. The van der Waals surface area contributed by atoms with Crippen LogP contribution in [0.3, 0.4) is 0 Å². The number of ether oxygens (including phenoxy) is 1. The van der Waals surface area contributed by atoms with Crippen LogP contribution < -0.4 is 9.64 Å². The first-order valence-electron chi connectivity index (χ1n) is 15.1. The molecule has 0 spiro atoms. The fourth-order valence-corrected chi connectivity index (χ4v) is 7.22. The summed E-state index contributed by atoms with van der Waals surface area (Å²) < 4.78 is 6.11. The number of likely N-dealkylation sites (tertiary alicyclic amines) is 1. The lowest BCUT2D eigenvalue weighted by atomic mass is 9.87. The molecule has 2 saturated carbocycles. The molecule has 212 valence electrons. The summed E-state index contributed by atoms with van der Waals surface area (Å²) in [5.41, 5.74) is 5.08. The average molecular weight is 551 g/mol. The van der Waals surface area contributed by atoms with E-state index in [4.69, 9.17) is 4.74 Å². The molecule has 1 saturated heterocycles. The van der Waals surface area contributed by atoms with Gasteiger partial charge in [-0.15, -0.1) is 0 Å². The molecule has 0 amide bonds. The van der Waals surface area contributed by atoms with Crippen molar-refractivity contribution in [2.45, 2.75) is 75.4 Å². The van der Waals surface area contributed by atoms with Gasteiger partial charge in [0, 0.05) is 48.5 Å². The highest BCUT2D eigenvalue weighted by Gasteiger charge is 2.37. The van der Waals surface area contributed by atoms with Crippen molar-refractivity contribution in [2.75, 3.05) is 18.5 Å². The maximum atomic E-state index is 12.0. The summed E-state index contributed by atoms with van der Waals surface area (Å²) in [6.07, 6.45) is 13.3.